The van der Waals surface area contributed by atoms with Crippen molar-refractivity contribution in [2.45, 2.75) is 43.5 Å². The third kappa shape index (κ3) is 3.46. The van der Waals surface area contributed by atoms with Gasteiger partial charge < -0.3 is 20.5 Å². The maximum atomic E-state index is 14.2. The molecule has 0 bridgehead atoms. The number of fused-ring (bicyclic) bond motifs is 1. The number of aliphatic hydroxyl groups is 1. The van der Waals surface area contributed by atoms with Crippen molar-refractivity contribution in [3.63, 3.8) is 0 Å². The highest BCUT2D eigenvalue weighted by molar-refractivity contribution is 5.61. The molecule has 2 fully saturated rings. The number of hydrogen-bond acceptors (Lipinski definition) is 8. The Morgan fingerprint density at radius 2 is 2.20 bits per heavy atom. The highest BCUT2D eigenvalue weighted by Gasteiger charge is 2.33. The minimum absolute atomic E-state index is 0.150. The van der Waals surface area contributed by atoms with Gasteiger partial charge in [-0.1, -0.05) is 0 Å². The van der Waals surface area contributed by atoms with E-state index in [4.69, 9.17) is 9.84 Å². The predicted molar refractivity (Wildman–Crippen MR) is 108 cm³/mol. The molecule has 9 nitrogen and oxygen atoms in total. The fourth-order valence-corrected chi connectivity index (χ4v) is 4.05. The quantitative estimate of drug-likeness (QED) is 0.578. The van der Waals surface area contributed by atoms with E-state index in [-0.39, 0.29) is 18.1 Å². The van der Waals surface area contributed by atoms with E-state index in [1.165, 1.54) is 0 Å². The second kappa shape index (κ2) is 7.77. The van der Waals surface area contributed by atoms with Crippen LogP contribution >= 0.6 is 0 Å². The van der Waals surface area contributed by atoms with Crippen molar-refractivity contribution in [1.82, 2.24) is 29.9 Å². The fourth-order valence-electron chi connectivity index (χ4n) is 4.05. The normalized spacial score (nSPS) is 26.4. The Balaban J connectivity index is 1.48. The van der Waals surface area contributed by atoms with Crippen molar-refractivity contribution in [1.29, 1.82) is 0 Å². The van der Waals surface area contributed by atoms with Crippen LogP contribution < -0.4 is 15.4 Å². The molecule has 158 valence electrons. The second-order valence-corrected chi connectivity index (χ2v) is 7.86. The van der Waals surface area contributed by atoms with Gasteiger partial charge in [0, 0.05) is 24.7 Å². The summed E-state index contributed by atoms with van der Waals surface area (Å²) >= 11 is 0. The molecule has 10 heteroatoms. The van der Waals surface area contributed by atoms with Crippen LogP contribution in [-0.2, 0) is 0 Å². The number of anilines is 1. The summed E-state index contributed by atoms with van der Waals surface area (Å²) in [5, 5.41) is 20.7. The van der Waals surface area contributed by atoms with Gasteiger partial charge in [-0.25, -0.2) is 23.9 Å². The number of aliphatic hydroxyl groups excluding tert-OH is 1. The molecule has 3 aromatic rings. The minimum Gasteiger partial charge on any atom is -0.495 e. The van der Waals surface area contributed by atoms with E-state index in [2.05, 4.69) is 25.6 Å². The summed E-state index contributed by atoms with van der Waals surface area (Å²) in [6.07, 6.45) is 3.91. The van der Waals surface area contributed by atoms with Crippen molar-refractivity contribution >= 4 is 11.6 Å². The van der Waals surface area contributed by atoms with Gasteiger partial charge in [-0.3, -0.25) is 0 Å². The Kier molecular flexibility index (Phi) is 4.95. The maximum absolute atomic E-state index is 14.2. The molecule has 1 saturated carbocycles. The number of nitrogens with one attached hydrogen (secondary N) is 2. The zero-order chi connectivity index (χ0) is 20.7. The van der Waals surface area contributed by atoms with E-state index in [1.54, 1.807) is 30.1 Å². The van der Waals surface area contributed by atoms with E-state index >= 15 is 0 Å². The number of hydrogen-bond donors (Lipinski definition) is 3. The number of nitrogens with zero attached hydrogens (tertiary/aromatic N) is 5. The van der Waals surface area contributed by atoms with Crippen molar-refractivity contribution in [3.8, 4) is 17.1 Å². The SMILES string of the molecule is COc1cc2ncc(-c3ccnc(N[C@H]4CNCC[C@@H]4F)n3)n2nc1C1CC(O)C1. The lowest BCUT2D eigenvalue weighted by Crippen LogP contribution is -2.46. The molecule has 4 heterocycles. The highest BCUT2D eigenvalue weighted by Crippen LogP contribution is 2.40. The first-order valence-electron chi connectivity index (χ1n) is 10.2. The largest absolute Gasteiger partial charge is 0.495 e. The summed E-state index contributed by atoms with van der Waals surface area (Å²) in [6.45, 7) is 1.21. The second-order valence-electron chi connectivity index (χ2n) is 7.86. The third-order valence-corrected chi connectivity index (χ3v) is 5.83. The van der Waals surface area contributed by atoms with Crippen LogP contribution in [0.3, 0.4) is 0 Å². The van der Waals surface area contributed by atoms with Gasteiger partial charge in [0.15, 0.2) is 5.65 Å². The van der Waals surface area contributed by atoms with Crippen molar-refractivity contribution in [2.75, 3.05) is 25.5 Å². The summed E-state index contributed by atoms with van der Waals surface area (Å²) in [7, 11) is 1.61. The molecular weight excluding hydrogens is 389 g/mol. The first kappa shape index (κ1) is 19.1. The average Bonchev–Trinajstić information content (AvgIpc) is 3.15. The van der Waals surface area contributed by atoms with E-state index in [0.29, 0.717) is 61.1 Å². The third-order valence-electron chi connectivity index (χ3n) is 5.83. The number of aromatic nitrogens is 5. The summed E-state index contributed by atoms with van der Waals surface area (Å²) in [4.78, 5) is 13.3. The molecule has 0 radical (unpaired) electrons. The summed E-state index contributed by atoms with van der Waals surface area (Å²) < 4.78 is 21.4. The average molecular weight is 413 g/mol. The number of alkyl halides is 1. The van der Waals surface area contributed by atoms with Crippen LogP contribution in [0.4, 0.5) is 10.3 Å². The van der Waals surface area contributed by atoms with Crippen LogP contribution in [0.25, 0.3) is 17.0 Å². The molecule has 2 aliphatic rings. The lowest BCUT2D eigenvalue weighted by Gasteiger charge is -2.31. The Hall–Kier alpha value is -2.85. The molecule has 3 N–H and O–H groups in total. The smallest absolute Gasteiger partial charge is 0.223 e. The van der Waals surface area contributed by atoms with Gasteiger partial charge in [0.1, 0.15) is 23.3 Å². The van der Waals surface area contributed by atoms with Gasteiger partial charge in [-0.05, 0) is 31.9 Å². The lowest BCUT2D eigenvalue weighted by molar-refractivity contribution is 0.0718. The molecule has 0 unspecified atom stereocenters. The van der Waals surface area contributed by atoms with Gasteiger partial charge in [0.2, 0.25) is 5.95 Å². The van der Waals surface area contributed by atoms with Crippen molar-refractivity contribution in [3.05, 3.63) is 30.2 Å². The van der Waals surface area contributed by atoms with Crippen LogP contribution in [0.5, 0.6) is 5.75 Å². The monoisotopic (exact) mass is 413 g/mol. The maximum Gasteiger partial charge on any atom is 0.223 e. The van der Waals surface area contributed by atoms with Crippen LogP contribution in [0.1, 0.15) is 30.9 Å². The van der Waals surface area contributed by atoms with Crippen molar-refractivity contribution in [2.24, 2.45) is 0 Å². The predicted octanol–water partition coefficient (Wildman–Crippen LogP) is 1.55. The van der Waals surface area contributed by atoms with Gasteiger partial charge in [0.25, 0.3) is 0 Å². The Morgan fingerprint density at radius 3 is 2.97 bits per heavy atom. The Labute approximate surface area is 172 Å². The number of halogens is 1. The molecule has 1 saturated heterocycles. The van der Waals surface area contributed by atoms with E-state index in [0.717, 1.165) is 5.69 Å². The van der Waals surface area contributed by atoms with Crippen LogP contribution in [0, 0.1) is 0 Å². The number of rotatable bonds is 5. The minimum atomic E-state index is -0.941. The molecule has 0 amide bonds. The summed E-state index contributed by atoms with van der Waals surface area (Å²) in [6, 6.07) is 3.26. The summed E-state index contributed by atoms with van der Waals surface area (Å²) in [5.74, 6) is 1.19. The Bertz CT molecular complexity index is 1050. The molecule has 0 aromatic carbocycles. The van der Waals surface area contributed by atoms with Gasteiger partial charge >= 0.3 is 0 Å². The summed E-state index contributed by atoms with van der Waals surface area (Å²) in [5.41, 5.74) is 2.78. The molecule has 3 aromatic heterocycles. The first-order valence-corrected chi connectivity index (χ1v) is 10.2. The zero-order valence-corrected chi connectivity index (χ0v) is 16.6. The molecule has 0 spiro atoms. The lowest BCUT2D eigenvalue weighted by atomic mass is 9.80. The number of piperidine rings is 1. The highest BCUT2D eigenvalue weighted by atomic mass is 19.1. The zero-order valence-electron chi connectivity index (χ0n) is 16.6. The van der Waals surface area contributed by atoms with E-state index in [1.807, 2.05) is 6.07 Å². The number of imidazole rings is 1. The van der Waals surface area contributed by atoms with Crippen LogP contribution in [0.2, 0.25) is 0 Å². The molecular formula is C20H24FN7O2. The topological polar surface area (TPSA) is 109 Å². The van der Waals surface area contributed by atoms with Gasteiger partial charge in [-0.15, -0.1) is 0 Å². The molecule has 1 aliphatic heterocycles. The number of ether oxygens (including phenoxy) is 1. The number of methoxy groups -OCH3 is 1. The molecule has 1 aliphatic carbocycles. The Morgan fingerprint density at radius 1 is 1.33 bits per heavy atom. The fraction of sp³-hybridized carbons (Fsp3) is 0.500. The first-order chi connectivity index (χ1) is 14.6. The van der Waals surface area contributed by atoms with Crippen LogP contribution in [0.15, 0.2) is 24.5 Å². The van der Waals surface area contributed by atoms with E-state index < -0.39 is 6.17 Å². The van der Waals surface area contributed by atoms with E-state index in [9.17, 15) is 9.50 Å². The van der Waals surface area contributed by atoms with Crippen molar-refractivity contribution < 1.29 is 14.2 Å². The van der Waals surface area contributed by atoms with Gasteiger partial charge in [0.05, 0.1) is 31.1 Å². The van der Waals surface area contributed by atoms with Crippen LogP contribution in [-0.4, -0.2) is 68.2 Å². The standard InChI is InChI=1S/C20H24FN7O2/c1-30-17-8-18-24-10-16(28(18)27-19(17)11-6-12(29)7-11)14-3-5-23-20(25-14)26-15-9-22-4-2-13(15)21/h3,5,8,10-13,15,22,29H,2,4,6-7,9H2,1H3,(H,23,25,26)/t11?,12?,13-,15-/m0/s1. The molecule has 30 heavy (non-hydrogen) atoms. The molecule has 5 rings (SSSR count). The van der Waals surface area contributed by atoms with Gasteiger partial charge in [-0.2, -0.15) is 5.10 Å². The molecule has 2 atom stereocenters.